The number of benzene rings is 1. The van der Waals surface area contributed by atoms with Gasteiger partial charge >= 0.3 is 6.18 Å². The van der Waals surface area contributed by atoms with E-state index in [1.54, 1.807) is 6.92 Å². The molecule has 0 bridgehead atoms. The first-order valence-electron chi connectivity index (χ1n) is 4.97. The molecule has 0 aliphatic heterocycles. The monoisotopic (exact) mass is 311 g/mol. The maximum atomic E-state index is 12.2. The van der Waals surface area contributed by atoms with Crippen LogP contribution in [0, 0.1) is 6.92 Å². The highest BCUT2D eigenvalue weighted by atomic mass is 32.2. The Morgan fingerprint density at radius 1 is 1.30 bits per heavy atom. The average Bonchev–Trinajstić information content (AvgIpc) is 2.31. The van der Waals surface area contributed by atoms with Crippen molar-refractivity contribution in [1.29, 1.82) is 0 Å². The number of halogens is 3. The topological polar surface area (TPSA) is 87.0 Å². The highest BCUT2D eigenvalue weighted by molar-refractivity contribution is 7.88. The van der Waals surface area contributed by atoms with Crippen LogP contribution in [0.25, 0.3) is 0 Å². The minimum absolute atomic E-state index is 0.148. The van der Waals surface area contributed by atoms with Crippen molar-refractivity contribution in [3.63, 3.8) is 0 Å². The van der Waals surface area contributed by atoms with E-state index in [1.807, 2.05) is 0 Å². The van der Waals surface area contributed by atoms with Crippen molar-refractivity contribution in [2.75, 3.05) is 0 Å². The van der Waals surface area contributed by atoms with Gasteiger partial charge in [-0.05, 0) is 6.92 Å². The van der Waals surface area contributed by atoms with Crippen molar-refractivity contribution in [1.82, 2.24) is 0 Å². The summed E-state index contributed by atoms with van der Waals surface area (Å²) in [4.78, 5) is 0. The predicted molar refractivity (Wildman–Crippen MR) is 67.3 cm³/mol. The van der Waals surface area contributed by atoms with Gasteiger partial charge in [-0.15, -0.1) is 0 Å². The molecule has 0 fully saturated rings. The van der Waals surface area contributed by atoms with Gasteiger partial charge in [0.25, 0.3) is 10.1 Å². The molecular weight excluding hydrogens is 299 g/mol. The van der Waals surface area contributed by atoms with Crippen molar-refractivity contribution >= 4 is 15.8 Å². The minimum atomic E-state index is -4.63. The van der Waals surface area contributed by atoms with Crippen LogP contribution < -0.4 is 0 Å². The van der Waals surface area contributed by atoms with E-state index in [1.165, 1.54) is 24.3 Å². The summed E-state index contributed by atoms with van der Waals surface area (Å²) < 4.78 is 63.2. The Balaban J connectivity index is 0.000000511. The van der Waals surface area contributed by atoms with Gasteiger partial charge in [0.1, 0.15) is 0 Å². The second-order valence-corrected chi connectivity index (χ2v) is 4.86. The Labute approximate surface area is 113 Å². The number of aryl methyl sites for hydroxylation is 1. The summed E-state index contributed by atoms with van der Waals surface area (Å²) in [5.41, 5.74) is -0.587. The molecular formula is C11H12F3NO4S. The molecule has 1 aromatic carbocycles. The van der Waals surface area contributed by atoms with Crippen molar-refractivity contribution in [3.05, 3.63) is 47.4 Å². The molecule has 0 heterocycles. The summed E-state index contributed by atoms with van der Waals surface area (Å²) in [5.74, 6) is 0. The molecule has 0 atom stereocenters. The average molecular weight is 311 g/mol. The van der Waals surface area contributed by atoms with Gasteiger partial charge in [0, 0.05) is 5.56 Å². The lowest BCUT2D eigenvalue weighted by Crippen LogP contribution is -2.23. The van der Waals surface area contributed by atoms with Crippen molar-refractivity contribution < 1.29 is 31.3 Å². The summed E-state index contributed by atoms with van der Waals surface area (Å²) in [6.07, 6.45) is -4.63. The van der Waals surface area contributed by atoms with Crippen LogP contribution in [0.3, 0.4) is 0 Å². The summed E-state index contributed by atoms with van der Waals surface area (Å²) >= 11 is 0. The van der Waals surface area contributed by atoms with Crippen LogP contribution in [-0.4, -0.2) is 30.1 Å². The number of hydrogen-bond acceptors (Lipinski definition) is 4. The first-order chi connectivity index (χ1) is 9.01. The van der Waals surface area contributed by atoms with Crippen molar-refractivity contribution in [3.8, 4) is 0 Å². The molecule has 1 rings (SSSR count). The van der Waals surface area contributed by atoms with Crippen LogP contribution >= 0.6 is 0 Å². The molecule has 9 heteroatoms. The van der Waals surface area contributed by atoms with Crippen molar-refractivity contribution in [2.45, 2.75) is 13.1 Å². The maximum Gasteiger partial charge on any atom is 0.437 e. The normalized spacial score (nSPS) is 12.3. The van der Waals surface area contributed by atoms with E-state index in [2.05, 4.69) is 11.7 Å². The van der Waals surface area contributed by atoms with Gasteiger partial charge in [-0.25, -0.2) is 0 Å². The molecule has 5 nitrogen and oxygen atoms in total. The molecule has 0 saturated carbocycles. The van der Waals surface area contributed by atoms with Gasteiger partial charge in [0.15, 0.2) is 5.71 Å². The molecule has 0 saturated heterocycles. The quantitative estimate of drug-likeness (QED) is 0.380. The Morgan fingerprint density at radius 3 is 1.95 bits per heavy atom. The third-order valence-electron chi connectivity index (χ3n) is 1.90. The van der Waals surface area contributed by atoms with E-state index in [9.17, 15) is 21.6 Å². The molecule has 1 aromatic rings. The fraction of sp³-hybridized carbons (Fsp3) is 0.182. The van der Waals surface area contributed by atoms with Crippen LogP contribution in [0.15, 0.2) is 41.4 Å². The fourth-order valence-electron chi connectivity index (χ4n) is 0.990. The summed E-state index contributed by atoms with van der Waals surface area (Å²) in [7, 11) is -3.90. The van der Waals surface area contributed by atoms with Crippen LogP contribution in [0.1, 0.15) is 11.1 Å². The molecule has 0 aliphatic rings. The van der Waals surface area contributed by atoms with Gasteiger partial charge < -0.3 is 5.21 Å². The first-order valence-corrected chi connectivity index (χ1v) is 6.47. The molecule has 0 spiro atoms. The van der Waals surface area contributed by atoms with E-state index in [4.69, 9.17) is 9.76 Å². The van der Waals surface area contributed by atoms with E-state index >= 15 is 0 Å². The Morgan fingerprint density at radius 2 is 1.70 bits per heavy atom. The second-order valence-electron chi connectivity index (χ2n) is 3.49. The van der Waals surface area contributed by atoms with Gasteiger partial charge in [-0.3, -0.25) is 4.55 Å². The Bertz CT molecular complexity index is 565. The molecule has 112 valence electrons. The zero-order chi connectivity index (χ0) is 16.0. The van der Waals surface area contributed by atoms with E-state index in [0.717, 1.165) is 5.56 Å². The first kappa shape index (κ1) is 18.1. The lowest BCUT2D eigenvalue weighted by atomic mass is 10.1. The zero-order valence-electron chi connectivity index (χ0n) is 10.3. The van der Waals surface area contributed by atoms with Crippen LogP contribution in [0.2, 0.25) is 0 Å². The highest BCUT2D eigenvalue weighted by Crippen LogP contribution is 2.22. The molecule has 0 amide bonds. The van der Waals surface area contributed by atoms with Crippen LogP contribution in [0.5, 0.6) is 0 Å². The minimum Gasteiger partial charge on any atom is -0.410 e. The lowest BCUT2D eigenvalue weighted by Gasteiger charge is -2.08. The van der Waals surface area contributed by atoms with Crippen LogP contribution in [-0.2, 0) is 10.1 Å². The summed E-state index contributed by atoms with van der Waals surface area (Å²) in [6, 6.07) is 5.56. The van der Waals surface area contributed by atoms with Gasteiger partial charge in [0.05, 0.1) is 5.41 Å². The second kappa shape index (κ2) is 7.06. The fourth-order valence-corrected chi connectivity index (χ4v) is 0.990. The Kier molecular flexibility index (Phi) is 6.40. The van der Waals surface area contributed by atoms with Crippen LogP contribution in [0.4, 0.5) is 13.2 Å². The third kappa shape index (κ3) is 6.90. The molecule has 0 radical (unpaired) electrons. The SMILES string of the molecule is C=CS(=O)(=O)O.Cc1ccc(/C(=N/O)C(F)(F)F)cc1. The third-order valence-corrected chi connectivity index (χ3v) is 2.33. The number of oxime groups is 1. The summed E-state index contributed by atoms with van der Waals surface area (Å²) in [5, 5.41) is 11.0. The van der Waals surface area contributed by atoms with Crippen molar-refractivity contribution in [2.24, 2.45) is 5.16 Å². The molecule has 0 aliphatic carbocycles. The predicted octanol–water partition coefficient (Wildman–Crippen LogP) is 2.75. The maximum absolute atomic E-state index is 12.2. The van der Waals surface area contributed by atoms with E-state index in [-0.39, 0.29) is 5.56 Å². The molecule has 0 unspecified atom stereocenters. The molecule has 0 aromatic heterocycles. The number of rotatable bonds is 2. The van der Waals surface area contributed by atoms with E-state index in [0.29, 0.717) is 5.41 Å². The van der Waals surface area contributed by atoms with Gasteiger partial charge in [-0.2, -0.15) is 21.6 Å². The van der Waals surface area contributed by atoms with Gasteiger partial charge in [0.2, 0.25) is 0 Å². The number of alkyl halides is 3. The van der Waals surface area contributed by atoms with E-state index < -0.39 is 22.0 Å². The summed E-state index contributed by atoms with van der Waals surface area (Å²) in [6.45, 7) is 4.55. The zero-order valence-corrected chi connectivity index (χ0v) is 11.1. The molecule has 2 N–H and O–H groups in total. The highest BCUT2D eigenvalue weighted by Gasteiger charge is 2.37. The standard InChI is InChI=1S/C9H8F3NO.C2H4O3S/c1-6-2-4-7(5-3-6)8(13-14)9(10,11)12;1-2-6(3,4)5/h2-5,14H,1H3;2H,1H2,(H,3,4,5)/b13-8-;. The largest absolute Gasteiger partial charge is 0.437 e. The smallest absolute Gasteiger partial charge is 0.410 e. The Hall–Kier alpha value is -1.87. The van der Waals surface area contributed by atoms with Gasteiger partial charge in [-0.1, -0.05) is 41.6 Å². The lowest BCUT2D eigenvalue weighted by molar-refractivity contribution is -0.0601. The number of nitrogens with zero attached hydrogens (tertiary/aromatic N) is 1. The molecule has 20 heavy (non-hydrogen) atoms. The number of hydrogen-bond donors (Lipinski definition) is 2.